The molecule has 5 nitrogen and oxygen atoms in total. The lowest BCUT2D eigenvalue weighted by molar-refractivity contribution is 0.0697. The molecule has 1 N–H and O–H groups in total. The van der Waals surface area contributed by atoms with Crippen molar-refractivity contribution in [3.05, 3.63) is 98.1 Å². The molecule has 0 bridgehead atoms. The number of allylic oxidation sites excluding steroid dienone is 1. The van der Waals surface area contributed by atoms with Crippen LogP contribution in [0.3, 0.4) is 0 Å². The largest absolute Gasteiger partial charge is 0.488 e. The van der Waals surface area contributed by atoms with E-state index in [2.05, 4.69) is 34.7 Å². The van der Waals surface area contributed by atoms with Gasteiger partial charge < -0.3 is 9.84 Å². The average Bonchev–Trinajstić information content (AvgIpc) is 2.77. The number of aromatic carboxylic acids is 1. The maximum Gasteiger partial charge on any atom is 0.335 e. The zero-order valence-electron chi connectivity index (χ0n) is 15.7. The van der Waals surface area contributed by atoms with Crippen LogP contribution in [0.2, 0.25) is 0 Å². The lowest BCUT2D eigenvalue weighted by atomic mass is 10.0. The zero-order valence-corrected chi connectivity index (χ0v) is 17.8. The van der Waals surface area contributed by atoms with Crippen molar-refractivity contribution in [3.63, 3.8) is 0 Å². The summed E-state index contributed by atoms with van der Waals surface area (Å²) >= 11 is 2.16. The van der Waals surface area contributed by atoms with Gasteiger partial charge in [0.05, 0.1) is 32.4 Å². The number of carbonyl (C=O) groups is 1. The molecule has 0 saturated heterocycles. The maximum absolute atomic E-state index is 11.0. The van der Waals surface area contributed by atoms with E-state index in [4.69, 9.17) is 9.84 Å². The van der Waals surface area contributed by atoms with Gasteiger partial charge in [-0.2, -0.15) is 10.5 Å². The topological polar surface area (TPSA) is 94.1 Å². The normalized spacial score (nSPS) is 10.7. The van der Waals surface area contributed by atoms with Crippen molar-refractivity contribution in [3.8, 4) is 17.9 Å². The van der Waals surface area contributed by atoms with Crippen LogP contribution >= 0.6 is 22.6 Å². The third kappa shape index (κ3) is 5.05. The molecule has 146 valence electrons. The van der Waals surface area contributed by atoms with Gasteiger partial charge in [-0.15, -0.1) is 0 Å². The van der Waals surface area contributed by atoms with Crippen molar-refractivity contribution in [1.82, 2.24) is 0 Å². The summed E-state index contributed by atoms with van der Waals surface area (Å²) in [6.07, 6.45) is 1.74. The molecular formula is C24H15IN2O3. The number of halogens is 1. The Hall–Kier alpha value is -3.62. The smallest absolute Gasteiger partial charge is 0.335 e. The Bertz CT molecular complexity index is 1200. The zero-order chi connectivity index (χ0) is 21.5. The lowest BCUT2D eigenvalue weighted by Gasteiger charge is -2.10. The molecule has 0 aliphatic carbocycles. The van der Waals surface area contributed by atoms with Crippen LogP contribution in [0.15, 0.2) is 66.7 Å². The molecule has 0 heterocycles. The minimum atomic E-state index is -1.01. The van der Waals surface area contributed by atoms with E-state index in [9.17, 15) is 15.3 Å². The molecule has 0 unspecified atom stereocenters. The Morgan fingerprint density at radius 1 is 1.03 bits per heavy atom. The molecule has 0 aliphatic heterocycles. The summed E-state index contributed by atoms with van der Waals surface area (Å²) in [4.78, 5) is 11.0. The Morgan fingerprint density at radius 3 is 2.37 bits per heavy atom. The molecule has 3 rings (SSSR count). The van der Waals surface area contributed by atoms with Gasteiger partial charge in [0.15, 0.2) is 0 Å². The molecule has 0 fully saturated rings. The van der Waals surface area contributed by atoms with Crippen LogP contribution in [0.5, 0.6) is 5.75 Å². The summed E-state index contributed by atoms with van der Waals surface area (Å²) in [5.41, 5.74) is 3.47. The maximum atomic E-state index is 11.0. The van der Waals surface area contributed by atoms with E-state index in [-0.39, 0.29) is 12.2 Å². The molecular weight excluding hydrogens is 491 g/mol. The van der Waals surface area contributed by atoms with Gasteiger partial charge in [0.1, 0.15) is 12.4 Å². The summed E-state index contributed by atoms with van der Waals surface area (Å²) in [6, 6.07) is 23.4. The van der Waals surface area contributed by atoms with Crippen LogP contribution in [0, 0.1) is 26.2 Å². The van der Waals surface area contributed by atoms with E-state index in [0.717, 1.165) is 14.7 Å². The number of hydrogen-bond donors (Lipinski definition) is 1. The van der Waals surface area contributed by atoms with E-state index >= 15 is 0 Å². The molecule has 0 atom stereocenters. The van der Waals surface area contributed by atoms with Crippen LogP contribution < -0.4 is 4.74 Å². The van der Waals surface area contributed by atoms with Gasteiger partial charge in [0, 0.05) is 5.56 Å². The van der Waals surface area contributed by atoms with Gasteiger partial charge in [-0.1, -0.05) is 36.4 Å². The van der Waals surface area contributed by atoms with Gasteiger partial charge in [0.2, 0.25) is 0 Å². The first-order valence-electron chi connectivity index (χ1n) is 8.87. The molecule has 30 heavy (non-hydrogen) atoms. The highest BCUT2D eigenvalue weighted by Gasteiger charge is 2.08. The third-order valence-corrected chi connectivity index (χ3v) is 5.19. The first-order valence-corrected chi connectivity index (χ1v) is 9.95. The second-order valence-electron chi connectivity index (χ2n) is 6.30. The fraction of sp³-hybridized carbons (Fsp3) is 0.0417. The summed E-state index contributed by atoms with van der Waals surface area (Å²) in [6.45, 7) is 0.286. The molecule has 0 radical (unpaired) electrons. The summed E-state index contributed by atoms with van der Waals surface area (Å²) in [5.74, 6) is -0.323. The number of nitriles is 2. The predicted molar refractivity (Wildman–Crippen MR) is 122 cm³/mol. The van der Waals surface area contributed by atoms with E-state index in [1.165, 1.54) is 12.1 Å². The number of nitrogens with zero attached hydrogens (tertiary/aromatic N) is 2. The second-order valence-corrected chi connectivity index (χ2v) is 7.46. The number of benzene rings is 3. The van der Waals surface area contributed by atoms with Crippen molar-refractivity contribution in [2.75, 3.05) is 0 Å². The first-order chi connectivity index (χ1) is 14.5. The van der Waals surface area contributed by atoms with Crippen LogP contribution in [0.25, 0.3) is 11.6 Å². The first kappa shape index (κ1) is 21.1. The van der Waals surface area contributed by atoms with Crippen LogP contribution in [-0.4, -0.2) is 11.1 Å². The summed E-state index contributed by atoms with van der Waals surface area (Å²) in [5, 5.41) is 27.7. The predicted octanol–water partition coefficient (Wildman–Crippen LogP) is 5.50. The number of rotatable bonds is 6. The number of ether oxygens (including phenoxy) is 1. The van der Waals surface area contributed by atoms with E-state index in [1.807, 2.05) is 36.4 Å². The monoisotopic (exact) mass is 506 g/mol. The Balaban J connectivity index is 1.79. The molecule has 3 aromatic carbocycles. The van der Waals surface area contributed by atoms with Crippen molar-refractivity contribution in [2.24, 2.45) is 0 Å². The highest BCUT2D eigenvalue weighted by atomic mass is 127. The van der Waals surface area contributed by atoms with Gasteiger partial charge in [-0.3, -0.25) is 0 Å². The van der Waals surface area contributed by atoms with E-state index in [1.54, 1.807) is 24.3 Å². The SMILES string of the molecule is N#C/C(=C/c1ccc(OCc2ccccc2C#N)c(I)c1)c1ccc(C(=O)O)cc1. The van der Waals surface area contributed by atoms with Gasteiger partial charge in [0.25, 0.3) is 0 Å². The number of hydrogen-bond acceptors (Lipinski definition) is 4. The molecule has 6 heteroatoms. The van der Waals surface area contributed by atoms with Gasteiger partial charge >= 0.3 is 5.97 Å². The van der Waals surface area contributed by atoms with Crippen LogP contribution in [-0.2, 0) is 6.61 Å². The molecule has 3 aromatic rings. The van der Waals surface area contributed by atoms with E-state index < -0.39 is 5.97 Å². The minimum absolute atomic E-state index is 0.171. The number of carboxylic acid groups (broad SMARTS) is 1. The highest BCUT2D eigenvalue weighted by molar-refractivity contribution is 14.1. The fourth-order valence-electron chi connectivity index (χ4n) is 2.77. The van der Waals surface area contributed by atoms with Crippen molar-refractivity contribution < 1.29 is 14.6 Å². The fourth-order valence-corrected chi connectivity index (χ4v) is 3.47. The van der Waals surface area contributed by atoms with Crippen molar-refractivity contribution in [1.29, 1.82) is 10.5 Å². The van der Waals surface area contributed by atoms with Crippen molar-refractivity contribution >= 4 is 40.2 Å². The van der Waals surface area contributed by atoms with Gasteiger partial charge in [-0.05, 0) is 70.1 Å². The highest BCUT2D eigenvalue weighted by Crippen LogP contribution is 2.26. The quantitative estimate of drug-likeness (QED) is 0.271. The minimum Gasteiger partial charge on any atom is -0.488 e. The van der Waals surface area contributed by atoms with Crippen molar-refractivity contribution in [2.45, 2.75) is 6.61 Å². The standard InChI is InChI=1S/C24H15IN2O3/c25-22-12-16(11-21(14-27)17-6-8-18(9-7-17)24(28)29)5-10-23(22)30-15-20-4-2-1-3-19(20)13-26/h1-12H,15H2,(H,28,29)/b21-11-. The number of carboxylic acids is 1. The Morgan fingerprint density at radius 2 is 1.73 bits per heavy atom. The average molecular weight is 506 g/mol. The molecule has 0 aliphatic rings. The molecule has 0 amide bonds. The summed E-state index contributed by atoms with van der Waals surface area (Å²) in [7, 11) is 0. The van der Waals surface area contributed by atoms with Crippen LogP contribution in [0.1, 0.15) is 32.6 Å². The Kier molecular flexibility index (Phi) is 6.84. The second kappa shape index (κ2) is 9.73. The molecule has 0 aromatic heterocycles. The molecule has 0 spiro atoms. The molecule has 0 saturated carbocycles. The lowest BCUT2D eigenvalue weighted by Crippen LogP contribution is -1.99. The van der Waals surface area contributed by atoms with E-state index in [0.29, 0.717) is 22.4 Å². The third-order valence-electron chi connectivity index (χ3n) is 4.35. The van der Waals surface area contributed by atoms with Gasteiger partial charge in [-0.25, -0.2) is 4.79 Å². The Labute approximate surface area is 187 Å². The van der Waals surface area contributed by atoms with Crippen LogP contribution in [0.4, 0.5) is 0 Å². The summed E-state index contributed by atoms with van der Waals surface area (Å²) < 4.78 is 6.74.